The van der Waals surface area contributed by atoms with Crippen LogP contribution in [0.4, 0.5) is 0 Å². The molecule has 1 fully saturated rings. The van der Waals surface area contributed by atoms with E-state index in [1.165, 1.54) is 37.0 Å². The van der Waals surface area contributed by atoms with Gasteiger partial charge in [0.15, 0.2) is 0 Å². The summed E-state index contributed by atoms with van der Waals surface area (Å²) < 4.78 is 0.535. The van der Waals surface area contributed by atoms with E-state index in [4.69, 9.17) is 11.6 Å². The maximum Gasteiger partial charge on any atom is 0.207 e. The minimum atomic E-state index is 0.535. The second-order valence-corrected chi connectivity index (χ2v) is 6.30. The maximum absolute atomic E-state index is 5.79. The number of halogens is 1. The predicted molar refractivity (Wildman–Crippen MR) is 71.5 cm³/mol. The SMILES string of the molecule is CNC1CCC(N(C)Cc2nnc(Cl)s2)CC1. The highest BCUT2D eigenvalue weighted by Gasteiger charge is 2.23. The smallest absolute Gasteiger partial charge is 0.207 e. The van der Waals surface area contributed by atoms with E-state index in [0.717, 1.165) is 11.6 Å². The molecule has 0 saturated heterocycles. The third-order valence-corrected chi connectivity index (χ3v) is 4.56. The van der Waals surface area contributed by atoms with Crippen molar-refractivity contribution in [2.75, 3.05) is 14.1 Å². The Hall–Kier alpha value is -0.230. The summed E-state index contributed by atoms with van der Waals surface area (Å²) in [5.41, 5.74) is 0. The largest absolute Gasteiger partial charge is 0.317 e. The summed E-state index contributed by atoms with van der Waals surface area (Å²) in [5, 5.41) is 12.3. The van der Waals surface area contributed by atoms with Crippen LogP contribution in [-0.2, 0) is 6.54 Å². The van der Waals surface area contributed by atoms with Gasteiger partial charge in [-0.15, -0.1) is 10.2 Å². The van der Waals surface area contributed by atoms with E-state index in [0.29, 0.717) is 16.6 Å². The zero-order valence-electron chi connectivity index (χ0n) is 10.3. The van der Waals surface area contributed by atoms with Crippen molar-refractivity contribution in [1.29, 1.82) is 0 Å². The van der Waals surface area contributed by atoms with E-state index in [-0.39, 0.29) is 0 Å². The highest BCUT2D eigenvalue weighted by atomic mass is 35.5. The summed E-state index contributed by atoms with van der Waals surface area (Å²) in [4.78, 5) is 2.38. The number of rotatable bonds is 4. The Morgan fingerprint density at radius 1 is 1.35 bits per heavy atom. The van der Waals surface area contributed by atoms with E-state index in [1.54, 1.807) is 0 Å². The predicted octanol–water partition coefficient (Wildman–Crippen LogP) is 2.15. The highest BCUT2D eigenvalue weighted by molar-refractivity contribution is 7.15. The molecule has 0 atom stereocenters. The van der Waals surface area contributed by atoms with Gasteiger partial charge in [-0.1, -0.05) is 11.3 Å². The van der Waals surface area contributed by atoms with E-state index < -0.39 is 0 Å². The third-order valence-electron chi connectivity index (χ3n) is 3.56. The summed E-state index contributed by atoms with van der Waals surface area (Å²) >= 11 is 7.26. The van der Waals surface area contributed by atoms with Crippen molar-refractivity contribution < 1.29 is 0 Å². The molecule has 96 valence electrons. The molecule has 1 aliphatic carbocycles. The fourth-order valence-corrected chi connectivity index (χ4v) is 3.38. The Morgan fingerprint density at radius 2 is 2.06 bits per heavy atom. The van der Waals surface area contributed by atoms with Crippen LogP contribution >= 0.6 is 22.9 Å². The first kappa shape index (κ1) is 13.2. The minimum absolute atomic E-state index is 0.535. The summed E-state index contributed by atoms with van der Waals surface area (Å²) in [7, 11) is 4.22. The van der Waals surface area contributed by atoms with Crippen LogP contribution in [0.15, 0.2) is 0 Å². The Labute approximate surface area is 111 Å². The van der Waals surface area contributed by atoms with Gasteiger partial charge >= 0.3 is 0 Å². The van der Waals surface area contributed by atoms with Gasteiger partial charge in [0.25, 0.3) is 0 Å². The van der Waals surface area contributed by atoms with Crippen LogP contribution in [0, 0.1) is 0 Å². The molecule has 1 saturated carbocycles. The fourth-order valence-electron chi connectivity index (χ4n) is 2.44. The zero-order valence-corrected chi connectivity index (χ0v) is 11.9. The maximum atomic E-state index is 5.79. The molecule has 0 spiro atoms. The standard InChI is InChI=1S/C11H19ClN4S/c1-13-8-3-5-9(6-4-8)16(2)7-10-14-15-11(12)17-10/h8-9,13H,3-7H2,1-2H3. The van der Waals surface area contributed by atoms with Gasteiger partial charge in [-0.3, -0.25) is 4.90 Å². The second-order valence-electron chi connectivity index (χ2n) is 4.66. The van der Waals surface area contributed by atoms with E-state index >= 15 is 0 Å². The molecule has 0 aromatic carbocycles. The summed E-state index contributed by atoms with van der Waals surface area (Å²) in [5.74, 6) is 0. The Bertz CT molecular complexity index is 349. The lowest BCUT2D eigenvalue weighted by atomic mass is 9.90. The molecule has 1 N–H and O–H groups in total. The molecule has 1 aromatic rings. The molecule has 1 aromatic heterocycles. The van der Waals surface area contributed by atoms with Crippen LogP contribution in [0.3, 0.4) is 0 Å². The molecule has 0 bridgehead atoms. The normalized spacial score (nSPS) is 25.4. The van der Waals surface area contributed by atoms with Crippen LogP contribution < -0.4 is 5.32 Å². The van der Waals surface area contributed by atoms with Crippen molar-refractivity contribution in [3.63, 3.8) is 0 Å². The quantitative estimate of drug-likeness (QED) is 0.914. The number of nitrogens with one attached hydrogen (secondary N) is 1. The Kier molecular flexibility index (Phi) is 4.73. The Morgan fingerprint density at radius 3 is 2.59 bits per heavy atom. The molecule has 2 rings (SSSR count). The van der Waals surface area contributed by atoms with Gasteiger partial charge in [0.2, 0.25) is 4.47 Å². The van der Waals surface area contributed by atoms with Crippen molar-refractivity contribution >= 4 is 22.9 Å². The van der Waals surface area contributed by atoms with Crippen LogP contribution in [-0.4, -0.2) is 41.3 Å². The lowest BCUT2D eigenvalue weighted by Crippen LogP contribution is -2.39. The fraction of sp³-hybridized carbons (Fsp3) is 0.818. The molecular formula is C11H19ClN4S. The first-order chi connectivity index (χ1) is 8.19. The van der Waals surface area contributed by atoms with Crippen molar-refractivity contribution in [3.8, 4) is 0 Å². The van der Waals surface area contributed by atoms with Gasteiger partial charge in [0.05, 0.1) is 6.54 Å². The molecule has 1 heterocycles. The molecule has 4 nitrogen and oxygen atoms in total. The monoisotopic (exact) mass is 274 g/mol. The van der Waals surface area contributed by atoms with Crippen LogP contribution in [0.5, 0.6) is 0 Å². The molecule has 17 heavy (non-hydrogen) atoms. The highest BCUT2D eigenvalue weighted by Crippen LogP contribution is 2.24. The average Bonchev–Trinajstić information content (AvgIpc) is 2.75. The number of nitrogens with zero attached hydrogens (tertiary/aromatic N) is 3. The van der Waals surface area contributed by atoms with Crippen LogP contribution in [0.2, 0.25) is 4.47 Å². The van der Waals surface area contributed by atoms with Crippen molar-refractivity contribution in [2.45, 2.75) is 44.3 Å². The average molecular weight is 275 g/mol. The van der Waals surface area contributed by atoms with Gasteiger partial charge in [-0.25, -0.2) is 0 Å². The van der Waals surface area contributed by atoms with Gasteiger partial charge in [0.1, 0.15) is 5.01 Å². The van der Waals surface area contributed by atoms with Gasteiger partial charge in [-0.2, -0.15) is 0 Å². The van der Waals surface area contributed by atoms with Gasteiger partial charge < -0.3 is 5.32 Å². The molecular weight excluding hydrogens is 256 g/mol. The van der Waals surface area contributed by atoms with Crippen molar-refractivity contribution in [2.24, 2.45) is 0 Å². The summed E-state index contributed by atoms with van der Waals surface area (Å²) in [6.45, 7) is 0.860. The molecule has 0 radical (unpaired) electrons. The topological polar surface area (TPSA) is 41.0 Å². The van der Waals surface area contributed by atoms with E-state index in [9.17, 15) is 0 Å². The van der Waals surface area contributed by atoms with E-state index in [2.05, 4.69) is 34.5 Å². The molecule has 6 heteroatoms. The van der Waals surface area contributed by atoms with E-state index in [1.807, 2.05) is 0 Å². The van der Waals surface area contributed by atoms with Gasteiger partial charge in [0, 0.05) is 12.1 Å². The molecule has 0 amide bonds. The molecule has 0 aliphatic heterocycles. The first-order valence-corrected chi connectivity index (χ1v) is 7.24. The van der Waals surface area contributed by atoms with Crippen molar-refractivity contribution in [1.82, 2.24) is 20.4 Å². The zero-order chi connectivity index (χ0) is 12.3. The second kappa shape index (κ2) is 6.09. The van der Waals surface area contributed by atoms with Crippen LogP contribution in [0.1, 0.15) is 30.7 Å². The number of hydrogen-bond acceptors (Lipinski definition) is 5. The first-order valence-electron chi connectivity index (χ1n) is 6.04. The number of hydrogen-bond donors (Lipinski definition) is 1. The lowest BCUT2D eigenvalue weighted by molar-refractivity contribution is 0.169. The number of aromatic nitrogens is 2. The Balaban J connectivity index is 1.82. The lowest BCUT2D eigenvalue weighted by Gasteiger charge is -2.34. The third kappa shape index (κ3) is 3.61. The van der Waals surface area contributed by atoms with Gasteiger partial charge in [-0.05, 0) is 51.4 Å². The minimum Gasteiger partial charge on any atom is -0.317 e. The summed E-state index contributed by atoms with van der Waals surface area (Å²) in [6, 6.07) is 1.37. The molecule has 1 aliphatic rings. The van der Waals surface area contributed by atoms with Crippen molar-refractivity contribution in [3.05, 3.63) is 9.47 Å². The molecule has 0 unspecified atom stereocenters. The van der Waals surface area contributed by atoms with Crippen LogP contribution in [0.25, 0.3) is 0 Å². The summed E-state index contributed by atoms with van der Waals surface area (Å²) in [6.07, 6.45) is 5.05.